The van der Waals surface area contributed by atoms with Crippen LogP contribution in [0.25, 0.3) is 76.5 Å². The zero-order valence-electron chi connectivity index (χ0n) is 21.5. The smallest absolute Gasteiger partial charge is 0.143 e. The lowest BCUT2D eigenvalue weighted by molar-refractivity contribution is 0.670. The van der Waals surface area contributed by atoms with E-state index in [1.54, 1.807) is 0 Å². The van der Waals surface area contributed by atoms with Crippen molar-refractivity contribution in [2.24, 2.45) is 0 Å². The summed E-state index contributed by atoms with van der Waals surface area (Å²) in [5, 5.41) is 10.2. The Morgan fingerprint density at radius 3 is 1.95 bits per heavy atom. The summed E-state index contributed by atoms with van der Waals surface area (Å²) in [4.78, 5) is 0. The number of hydrogen-bond acceptors (Lipinski definition) is 1. The minimum atomic E-state index is 0.484. The van der Waals surface area contributed by atoms with E-state index in [9.17, 15) is 0 Å². The fraction of sp³-hybridized carbons (Fsp3) is 0.0811. The van der Waals surface area contributed by atoms with E-state index in [1.165, 1.54) is 54.6 Å². The molecule has 0 aliphatic rings. The van der Waals surface area contributed by atoms with Gasteiger partial charge in [0, 0.05) is 16.3 Å². The van der Waals surface area contributed by atoms with Crippen molar-refractivity contribution in [3.8, 4) is 22.3 Å². The molecule has 8 aromatic rings. The van der Waals surface area contributed by atoms with Crippen molar-refractivity contribution in [2.45, 2.75) is 19.8 Å². The van der Waals surface area contributed by atoms with Crippen LogP contribution in [-0.4, -0.2) is 0 Å². The monoisotopic (exact) mass is 486 g/mol. The van der Waals surface area contributed by atoms with Gasteiger partial charge in [-0.2, -0.15) is 0 Å². The predicted molar refractivity (Wildman–Crippen MR) is 162 cm³/mol. The minimum Gasteiger partial charge on any atom is -0.455 e. The van der Waals surface area contributed by atoms with E-state index in [0.29, 0.717) is 5.92 Å². The molecular weight excluding hydrogens is 460 g/mol. The second-order valence-electron chi connectivity index (χ2n) is 10.7. The minimum absolute atomic E-state index is 0.484. The molecule has 0 spiro atoms. The van der Waals surface area contributed by atoms with Crippen LogP contribution in [0.1, 0.15) is 25.3 Å². The Hall–Kier alpha value is -4.62. The zero-order chi connectivity index (χ0) is 25.4. The number of benzene rings is 7. The third kappa shape index (κ3) is 2.99. The molecule has 8 rings (SSSR count). The second-order valence-corrected chi connectivity index (χ2v) is 10.7. The summed E-state index contributed by atoms with van der Waals surface area (Å²) >= 11 is 0. The van der Waals surface area contributed by atoms with Crippen LogP contribution in [0.15, 0.2) is 120 Å². The van der Waals surface area contributed by atoms with Gasteiger partial charge >= 0.3 is 0 Å². The fourth-order valence-electron chi connectivity index (χ4n) is 6.31. The Labute approximate surface area is 221 Å². The van der Waals surface area contributed by atoms with E-state index < -0.39 is 0 Å². The van der Waals surface area contributed by atoms with Gasteiger partial charge in [-0.3, -0.25) is 0 Å². The van der Waals surface area contributed by atoms with E-state index in [2.05, 4.69) is 123 Å². The highest BCUT2D eigenvalue weighted by atomic mass is 16.3. The Kier molecular flexibility index (Phi) is 4.48. The van der Waals surface area contributed by atoms with Crippen molar-refractivity contribution in [3.05, 3.63) is 121 Å². The molecule has 0 saturated heterocycles. The topological polar surface area (TPSA) is 13.1 Å². The number of fused-ring (bicyclic) bond motifs is 3. The lowest BCUT2D eigenvalue weighted by Crippen LogP contribution is -1.93. The van der Waals surface area contributed by atoms with Gasteiger partial charge in [-0.25, -0.2) is 0 Å². The molecule has 0 atom stereocenters. The van der Waals surface area contributed by atoms with Crippen molar-refractivity contribution in [2.75, 3.05) is 0 Å². The molecule has 0 bridgehead atoms. The summed E-state index contributed by atoms with van der Waals surface area (Å²) in [7, 11) is 0. The van der Waals surface area contributed by atoms with Gasteiger partial charge in [-0.15, -0.1) is 0 Å². The zero-order valence-corrected chi connectivity index (χ0v) is 21.5. The average Bonchev–Trinajstić information content (AvgIpc) is 3.35. The maximum absolute atomic E-state index is 6.52. The molecule has 1 heterocycles. The Balaban J connectivity index is 1.56. The molecule has 0 aliphatic heterocycles. The molecular formula is C37H26O. The first-order valence-electron chi connectivity index (χ1n) is 13.4. The van der Waals surface area contributed by atoms with Crippen molar-refractivity contribution < 1.29 is 4.42 Å². The summed E-state index contributed by atoms with van der Waals surface area (Å²) in [6, 6.07) is 42.0. The Morgan fingerprint density at radius 2 is 1.18 bits per heavy atom. The third-order valence-electron chi connectivity index (χ3n) is 8.18. The summed E-state index contributed by atoms with van der Waals surface area (Å²) in [6.45, 7) is 4.54. The van der Waals surface area contributed by atoms with Crippen LogP contribution in [0.3, 0.4) is 0 Å². The Bertz CT molecular complexity index is 2130. The van der Waals surface area contributed by atoms with Gasteiger partial charge in [0.25, 0.3) is 0 Å². The van der Waals surface area contributed by atoms with Crippen LogP contribution < -0.4 is 0 Å². The summed E-state index contributed by atoms with van der Waals surface area (Å²) in [5.41, 5.74) is 8.09. The summed E-state index contributed by atoms with van der Waals surface area (Å²) < 4.78 is 6.52. The first-order valence-corrected chi connectivity index (χ1v) is 13.4. The van der Waals surface area contributed by atoms with E-state index in [0.717, 1.165) is 27.5 Å². The highest BCUT2D eigenvalue weighted by Crippen LogP contribution is 2.46. The molecule has 7 aromatic carbocycles. The number of hydrogen-bond donors (Lipinski definition) is 0. The number of furan rings is 1. The fourth-order valence-corrected chi connectivity index (χ4v) is 6.31. The first-order chi connectivity index (χ1) is 18.7. The Morgan fingerprint density at radius 1 is 0.500 bits per heavy atom. The van der Waals surface area contributed by atoms with Crippen molar-refractivity contribution in [3.63, 3.8) is 0 Å². The summed E-state index contributed by atoms with van der Waals surface area (Å²) in [6.07, 6.45) is 0. The summed E-state index contributed by atoms with van der Waals surface area (Å²) in [5.74, 6) is 0.484. The van der Waals surface area contributed by atoms with Crippen molar-refractivity contribution >= 4 is 54.3 Å². The number of rotatable bonds is 3. The van der Waals surface area contributed by atoms with Gasteiger partial charge in [0.2, 0.25) is 0 Å². The van der Waals surface area contributed by atoms with E-state index in [1.807, 2.05) is 6.07 Å². The van der Waals surface area contributed by atoms with Crippen LogP contribution in [0.5, 0.6) is 0 Å². The molecule has 0 fully saturated rings. The highest BCUT2D eigenvalue weighted by molar-refractivity contribution is 6.29. The van der Waals surface area contributed by atoms with Crippen molar-refractivity contribution in [1.82, 2.24) is 0 Å². The van der Waals surface area contributed by atoms with Crippen LogP contribution in [-0.2, 0) is 0 Å². The van der Waals surface area contributed by atoms with Crippen LogP contribution in [0.4, 0.5) is 0 Å². The largest absolute Gasteiger partial charge is 0.455 e. The SMILES string of the molecule is CC(C)c1cc2ccc3c(-c4ccccc4)cc(-c4cccc5c4oc4ccccc45)c4ccc(c1)c2c34. The van der Waals surface area contributed by atoms with Crippen LogP contribution in [0.2, 0.25) is 0 Å². The first kappa shape index (κ1) is 21.5. The molecule has 1 heteroatoms. The van der Waals surface area contributed by atoms with Gasteiger partial charge in [0.05, 0.1) is 0 Å². The maximum atomic E-state index is 6.52. The molecule has 38 heavy (non-hydrogen) atoms. The number of para-hydroxylation sites is 2. The molecule has 1 nitrogen and oxygen atoms in total. The quantitative estimate of drug-likeness (QED) is 0.226. The lowest BCUT2D eigenvalue weighted by atomic mass is 9.84. The maximum Gasteiger partial charge on any atom is 0.143 e. The lowest BCUT2D eigenvalue weighted by Gasteiger charge is -2.19. The van der Waals surface area contributed by atoms with Gasteiger partial charge in [-0.05, 0) is 72.6 Å². The molecule has 1 aromatic heterocycles. The molecule has 180 valence electrons. The molecule has 0 saturated carbocycles. The van der Waals surface area contributed by atoms with E-state index in [-0.39, 0.29) is 0 Å². The van der Waals surface area contributed by atoms with Gasteiger partial charge in [-0.1, -0.05) is 117 Å². The van der Waals surface area contributed by atoms with Crippen LogP contribution in [0, 0.1) is 0 Å². The second kappa shape index (κ2) is 7.94. The molecule has 0 radical (unpaired) electrons. The van der Waals surface area contributed by atoms with Gasteiger partial charge < -0.3 is 4.42 Å². The third-order valence-corrected chi connectivity index (χ3v) is 8.18. The normalized spacial score (nSPS) is 12.2. The van der Waals surface area contributed by atoms with E-state index >= 15 is 0 Å². The standard InChI is InChI=1S/C37H26O/c1-22(2)26-19-24-15-17-28-32(23-9-4-3-5-10-23)21-33(29-18-16-25(20-26)35(24)36(28)29)31-13-8-12-30-27-11-6-7-14-34(27)38-37(30)31/h3-22H,1-2H3. The molecule has 0 N–H and O–H groups in total. The molecule has 0 unspecified atom stereocenters. The van der Waals surface area contributed by atoms with Gasteiger partial charge in [0.1, 0.15) is 11.2 Å². The molecule has 0 aliphatic carbocycles. The predicted octanol–water partition coefficient (Wildman–Crippen LogP) is 10.9. The van der Waals surface area contributed by atoms with E-state index in [4.69, 9.17) is 4.42 Å². The van der Waals surface area contributed by atoms with Gasteiger partial charge in [0.15, 0.2) is 0 Å². The molecule has 0 amide bonds. The van der Waals surface area contributed by atoms with Crippen LogP contribution >= 0.6 is 0 Å². The highest BCUT2D eigenvalue weighted by Gasteiger charge is 2.20. The van der Waals surface area contributed by atoms with Crippen molar-refractivity contribution in [1.29, 1.82) is 0 Å². The average molecular weight is 487 g/mol.